The third-order valence-electron chi connectivity index (χ3n) is 3.59. The van der Waals surface area contributed by atoms with Gasteiger partial charge >= 0.3 is 0 Å². The summed E-state index contributed by atoms with van der Waals surface area (Å²) < 4.78 is 0. The molecule has 18 heavy (non-hydrogen) atoms. The molecule has 1 fully saturated rings. The zero-order chi connectivity index (χ0) is 12.8. The quantitative estimate of drug-likeness (QED) is 0.823. The molecule has 1 saturated heterocycles. The molecule has 1 aromatic rings. The molecule has 2 rings (SSSR count). The van der Waals surface area contributed by atoms with Crippen LogP contribution < -0.4 is 5.32 Å². The number of piperazine rings is 1. The van der Waals surface area contributed by atoms with Crippen LogP contribution >= 0.6 is 11.8 Å². The average molecular weight is 264 g/mol. The number of benzene rings is 1. The van der Waals surface area contributed by atoms with E-state index >= 15 is 0 Å². The van der Waals surface area contributed by atoms with Crippen molar-refractivity contribution in [2.24, 2.45) is 0 Å². The SMILES string of the molecule is CCC1CNC(C)CN1CCSc1ccccc1. The maximum Gasteiger partial charge on any atom is 0.0219 e. The maximum absolute atomic E-state index is 3.57. The predicted molar refractivity (Wildman–Crippen MR) is 80.3 cm³/mol. The zero-order valence-corrected chi connectivity index (χ0v) is 12.2. The molecule has 2 unspecified atom stereocenters. The number of hydrogen-bond donors (Lipinski definition) is 1. The Labute approximate surface area is 115 Å². The van der Waals surface area contributed by atoms with Gasteiger partial charge in [0, 0.05) is 42.4 Å². The van der Waals surface area contributed by atoms with Crippen LogP contribution in [0.1, 0.15) is 20.3 Å². The Kier molecular flexibility index (Phi) is 5.54. The summed E-state index contributed by atoms with van der Waals surface area (Å²) >= 11 is 1.97. The van der Waals surface area contributed by atoms with Crippen molar-refractivity contribution in [1.29, 1.82) is 0 Å². The maximum atomic E-state index is 3.57. The highest BCUT2D eigenvalue weighted by Gasteiger charge is 2.23. The molecule has 0 amide bonds. The molecule has 100 valence electrons. The van der Waals surface area contributed by atoms with E-state index in [1.807, 2.05) is 11.8 Å². The van der Waals surface area contributed by atoms with E-state index in [0.717, 1.165) is 12.6 Å². The molecule has 1 aliphatic heterocycles. The topological polar surface area (TPSA) is 15.3 Å². The molecule has 2 nitrogen and oxygen atoms in total. The van der Waals surface area contributed by atoms with Gasteiger partial charge in [-0.15, -0.1) is 11.8 Å². The molecule has 3 heteroatoms. The smallest absolute Gasteiger partial charge is 0.0219 e. The Morgan fingerprint density at radius 2 is 2.11 bits per heavy atom. The Bertz CT molecular complexity index is 342. The molecule has 0 spiro atoms. The fourth-order valence-electron chi connectivity index (χ4n) is 2.51. The van der Waals surface area contributed by atoms with Gasteiger partial charge in [-0.1, -0.05) is 25.1 Å². The van der Waals surface area contributed by atoms with Gasteiger partial charge in [-0.05, 0) is 25.5 Å². The molecule has 0 saturated carbocycles. The second-order valence-corrected chi connectivity index (χ2v) is 6.20. The standard InChI is InChI=1S/C15H24N2S/c1-3-14-11-16-13(2)12-17(14)9-10-18-15-7-5-4-6-8-15/h4-8,13-14,16H,3,9-12H2,1-2H3. The summed E-state index contributed by atoms with van der Waals surface area (Å²) in [4.78, 5) is 4.03. The first-order valence-electron chi connectivity index (χ1n) is 6.95. The van der Waals surface area contributed by atoms with Gasteiger partial charge in [-0.2, -0.15) is 0 Å². The largest absolute Gasteiger partial charge is 0.311 e. The van der Waals surface area contributed by atoms with Crippen LogP contribution in [0.25, 0.3) is 0 Å². The third kappa shape index (κ3) is 4.01. The molecule has 1 aromatic carbocycles. The van der Waals surface area contributed by atoms with Gasteiger partial charge in [0.2, 0.25) is 0 Å². The highest BCUT2D eigenvalue weighted by Crippen LogP contribution is 2.18. The molecular weight excluding hydrogens is 240 g/mol. The van der Waals surface area contributed by atoms with E-state index in [2.05, 4.69) is 54.4 Å². The Hall–Kier alpha value is -0.510. The minimum atomic E-state index is 0.634. The summed E-state index contributed by atoms with van der Waals surface area (Å²) in [6.45, 7) is 8.11. The van der Waals surface area contributed by atoms with E-state index in [1.54, 1.807) is 0 Å². The van der Waals surface area contributed by atoms with E-state index in [4.69, 9.17) is 0 Å². The van der Waals surface area contributed by atoms with Gasteiger partial charge in [-0.3, -0.25) is 4.90 Å². The summed E-state index contributed by atoms with van der Waals surface area (Å²) in [5, 5.41) is 3.57. The first-order valence-corrected chi connectivity index (χ1v) is 7.93. The predicted octanol–water partition coefficient (Wildman–Crippen LogP) is 2.85. The summed E-state index contributed by atoms with van der Waals surface area (Å²) in [6.07, 6.45) is 1.25. The van der Waals surface area contributed by atoms with Crippen molar-refractivity contribution in [3.63, 3.8) is 0 Å². The summed E-state index contributed by atoms with van der Waals surface area (Å²) in [5.74, 6) is 1.19. The van der Waals surface area contributed by atoms with Crippen molar-refractivity contribution in [2.75, 3.05) is 25.4 Å². The molecule has 1 heterocycles. The lowest BCUT2D eigenvalue weighted by atomic mass is 10.1. The van der Waals surface area contributed by atoms with Crippen LogP contribution in [0.3, 0.4) is 0 Å². The number of nitrogens with zero attached hydrogens (tertiary/aromatic N) is 1. The molecule has 0 radical (unpaired) electrons. The molecule has 0 bridgehead atoms. The Morgan fingerprint density at radius 3 is 2.83 bits per heavy atom. The molecular formula is C15H24N2S. The van der Waals surface area contributed by atoms with Crippen molar-refractivity contribution in [1.82, 2.24) is 10.2 Å². The zero-order valence-electron chi connectivity index (χ0n) is 11.4. The van der Waals surface area contributed by atoms with E-state index in [9.17, 15) is 0 Å². The summed E-state index contributed by atoms with van der Waals surface area (Å²) in [5.41, 5.74) is 0. The van der Waals surface area contributed by atoms with Gasteiger partial charge in [-0.25, -0.2) is 0 Å². The lowest BCUT2D eigenvalue weighted by molar-refractivity contribution is 0.140. The highest BCUT2D eigenvalue weighted by molar-refractivity contribution is 7.99. The third-order valence-corrected chi connectivity index (χ3v) is 4.58. The van der Waals surface area contributed by atoms with Gasteiger partial charge in [0.25, 0.3) is 0 Å². The summed E-state index contributed by atoms with van der Waals surface area (Å²) in [6, 6.07) is 12.1. The van der Waals surface area contributed by atoms with Crippen LogP contribution in [0, 0.1) is 0 Å². The highest BCUT2D eigenvalue weighted by atomic mass is 32.2. The normalized spacial score (nSPS) is 25.2. The molecule has 0 aliphatic carbocycles. The second-order valence-electron chi connectivity index (χ2n) is 5.03. The van der Waals surface area contributed by atoms with E-state index in [0.29, 0.717) is 6.04 Å². The number of hydrogen-bond acceptors (Lipinski definition) is 3. The number of thioether (sulfide) groups is 1. The Balaban J connectivity index is 1.77. The molecule has 1 aliphatic rings. The minimum Gasteiger partial charge on any atom is -0.311 e. The van der Waals surface area contributed by atoms with Gasteiger partial charge in [0.15, 0.2) is 0 Å². The van der Waals surface area contributed by atoms with Crippen molar-refractivity contribution in [3.8, 4) is 0 Å². The fraction of sp³-hybridized carbons (Fsp3) is 0.600. The monoisotopic (exact) mass is 264 g/mol. The second kappa shape index (κ2) is 7.17. The lowest BCUT2D eigenvalue weighted by Crippen LogP contribution is -2.55. The minimum absolute atomic E-state index is 0.634. The van der Waals surface area contributed by atoms with E-state index in [-0.39, 0.29) is 0 Å². The van der Waals surface area contributed by atoms with E-state index < -0.39 is 0 Å². The Morgan fingerprint density at radius 1 is 1.33 bits per heavy atom. The van der Waals surface area contributed by atoms with Crippen molar-refractivity contribution in [2.45, 2.75) is 37.2 Å². The molecule has 2 atom stereocenters. The van der Waals surface area contributed by atoms with Gasteiger partial charge < -0.3 is 5.32 Å². The fourth-order valence-corrected chi connectivity index (χ4v) is 3.42. The van der Waals surface area contributed by atoms with Crippen LogP contribution in [-0.2, 0) is 0 Å². The first-order chi connectivity index (χ1) is 8.79. The van der Waals surface area contributed by atoms with Crippen LogP contribution in [-0.4, -0.2) is 42.4 Å². The lowest BCUT2D eigenvalue weighted by Gasteiger charge is -2.39. The van der Waals surface area contributed by atoms with Crippen LogP contribution in [0.4, 0.5) is 0 Å². The van der Waals surface area contributed by atoms with Gasteiger partial charge in [0.05, 0.1) is 0 Å². The number of nitrogens with one attached hydrogen (secondary N) is 1. The van der Waals surface area contributed by atoms with Crippen molar-refractivity contribution >= 4 is 11.8 Å². The van der Waals surface area contributed by atoms with Crippen LogP contribution in [0.15, 0.2) is 35.2 Å². The molecule has 0 aromatic heterocycles. The molecule has 1 N–H and O–H groups in total. The van der Waals surface area contributed by atoms with Crippen LogP contribution in [0.5, 0.6) is 0 Å². The van der Waals surface area contributed by atoms with Crippen LogP contribution in [0.2, 0.25) is 0 Å². The average Bonchev–Trinajstić information content (AvgIpc) is 2.40. The van der Waals surface area contributed by atoms with E-state index in [1.165, 1.54) is 30.2 Å². The van der Waals surface area contributed by atoms with Gasteiger partial charge in [0.1, 0.15) is 0 Å². The summed E-state index contributed by atoms with van der Waals surface area (Å²) in [7, 11) is 0. The number of rotatable bonds is 5. The first kappa shape index (κ1) is 13.9. The van der Waals surface area contributed by atoms with Crippen molar-refractivity contribution in [3.05, 3.63) is 30.3 Å². The van der Waals surface area contributed by atoms with Crippen molar-refractivity contribution < 1.29 is 0 Å².